The molecule has 0 amide bonds. The summed E-state index contributed by atoms with van der Waals surface area (Å²) < 4.78 is 25.3. The lowest BCUT2D eigenvalue weighted by Crippen LogP contribution is -2.70. The second-order valence-corrected chi connectivity index (χ2v) is 13.8. The van der Waals surface area contributed by atoms with E-state index in [1.165, 1.54) is 10.9 Å². The molecular weight excluding hydrogens is 739 g/mol. The molecular formula is C45H39N5O8. The van der Waals surface area contributed by atoms with Crippen LogP contribution in [0, 0.1) is 0 Å². The lowest BCUT2D eigenvalue weighted by molar-refractivity contribution is -0.265. The number of hydrogen-bond acceptors (Lipinski definition) is 12. The molecule has 3 heterocycles. The fraction of sp³-hybridized carbons (Fsp3) is 0.178. The number of esters is 1. The summed E-state index contributed by atoms with van der Waals surface area (Å²) in [6.45, 7) is -0.509. The van der Waals surface area contributed by atoms with Gasteiger partial charge in [0.05, 0.1) is 38.1 Å². The number of rotatable bonds is 11. The molecule has 0 spiro atoms. The van der Waals surface area contributed by atoms with E-state index >= 15 is 0 Å². The average Bonchev–Trinajstić information content (AvgIpc) is 3.71. The first kappa shape index (κ1) is 38.0. The number of imidazole rings is 1. The smallest absolute Gasteiger partial charge is 0.338 e. The molecule has 13 nitrogen and oxygen atoms in total. The van der Waals surface area contributed by atoms with Gasteiger partial charge in [-0.3, -0.25) is 9.36 Å². The molecule has 4 atom stereocenters. The van der Waals surface area contributed by atoms with E-state index in [1.54, 1.807) is 99.1 Å². The third-order valence-electron chi connectivity index (χ3n) is 10.7. The van der Waals surface area contributed by atoms with Crippen LogP contribution in [-0.4, -0.2) is 80.1 Å². The van der Waals surface area contributed by atoms with Gasteiger partial charge in [0.15, 0.2) is 23.8 Å². The van der Waals surface area contributed by atoms with Gasteiger partial charge in [-0.1, -0.05) is 103 Å². The standard InChI is InChI=1S/C45H39N5O8/c1-55-33-22-18-31(19-23-33)45(30-16-10-5-11-17-30,32-20-24-34(56-2)25-21-32)44(54)26-57-42(37(52)38(44)58-43(53)29-14-8-4-9-15-29)50-27-47-35-39(46)48-40(49-41(35)50)36(51)28-12-6-3-7-13-28/h3-25,27,37-38,42,52,54H,26H2,1-2H3,(H2,46,48,49)/t37-,38+,42?,44-/m1/s1. The zero-order valence-electron chi connectivity index (χ0n) is 31.5. The topological polar surface area (TPSA) is 181 Å². The molecule has 1 aliphatic heterocycles. The van der Waals surface area contributed by atoms with Gasteiger partial charge in [0, 0.05) is 5.56 Å². The molecule has 0 radical (unpaired) electrons. The first-order valence-electron chi connectivity index (χ1n) is 18.4. The molecule has 13 heteroatoms. The van der Waals surface area contributed by atoms with Crippen LogP contribution >= 0.6 is 0 Å². The lowest BCUT2D eigenvalue weighted by Gasteiger charge is -2.55. The van der Waals surface area contributed by atoms with Crippen LogP contribution in [0.15, 0.2) is 146 Å². The van der Waals surface area contributed by atoms with E-state index in [9.17, 15) is 19.8 Å². The van der Waals surface area contributed by atoms with Crippen molar-refractivity contribution in [1.82, 2.24) is 19.5 Å². The van der Waals surface area contributed by atoms with E-state index in [1.807, 2.05) is 54.6 Å². The number of benzene rings is 5. The number of nitrogen functional groups attached to an aromatic ring is 1. The maximum atomic E-state index is 14.1. The number of hydrogen-bond donors (Lipinski definition) is 3. The largest absolute Gasteiger partial charge is 0.497 e. The highest BCUT2D eigenvalue weighted by atomic mass is 16.6. The fourth-order valence-corrected chi connectivity index (χ4v) is 7.88. The van der Waals surface area contributed by atoms with Crippen molar-refractivity contribution in [1.29, 1.82) is 0 Å². The number of aliphatic hydroxyl groups excluding tert-OH is 1. The molecule has 7 aromatic rings. The van der Waals surface area contributed by atoms with Crippen LogP contribution < -0.4 is 15.2 Å². The predicted molar refractivity (Wildman–Crippen MR) is 214 cm³/mol. The minimum atomic E-state index is -2.25. The van der Waals surface area contributed by atoms with E-state index in [2.05, 4.69) is 15.0 Å². The second kappa shape index (κ2) is 15.5. The fourth-order valence-electron chi connectivity index (χ4n) is 7.88. The molecule has 1 fully saturated rings. The number of ketones is 1. The Morgan fingerprint density at radius 1 is 0.759 bits per heavy atom. The van der Waals surface area contributed by atoms with Gasteiger partial charge >= 0.3 is 5.97 Å². The third kappa shape index (κ3) is 6.40. The monoisotopic (exact) mass is 777 g/mol. The normalized spacial score (nSPS) is 19.3. The number of ether oxygens (including phenoxy) is 4. The molecule has 1 aliphatic rings. The number of carbonyl (C=O) groups excluding carboxylic acids is 2. The first-order valence-corrected chi connectivity index (χ1v) is 18.4. The van der Waals surface area contributed by atoms with Gasteiger partial charge in [0.1, 0.15) is 28.7 Å². The van der Waals surface area contributed by atoms with Crippen molar-refractivity contribution in [2.75, 3.05) is 26.6 Å². The Morgan fingerprint density at radius 3 is 1.83 bits per heavy atom. The summed E-state index contributed by atoms with van der Waals surface area (Å²) in [7, 11) is 3.11. The minimum absolute atomic E-state index is 0.0704. The minimum Gasteiger partial charge on any atom is -0.497 e. The summed E-state index contributed by atoms with van der Waals surface area (Å²) >= 11 is 0. The highest BCUT2D eigenvalue weighted by molar-refractivity contribution is 6.07. The summed E-state index contributed by atoms with van der Waals surface area (Å²) in [5.41, 5.74) is 4.98. The van der Waals surface area contributed by atoms with Gasteiger partial charge in [-0.15, -0.1) is 0 Å². The van der Waals surface area contributed by atoms with Crippen molar-refractivity contribution in [2.45, 2.75) is 29.5 Å². The van der Waals surface area contributed by atoms with Gasteiger partial charge in [-0.05, 0) is 53.1 Å². The number of carbonyl (C=O) groups is 2. The lowest BCUT2D eigenvalue weighted by atomic mass is 9.56. The van der Waals surface area contributed by atoms with E-state index in [-0.39, 0.29) is 28.4 Å². The summed E-state index contributed by atoms with van der Waals surface area (Å²) in [6.07, 6.45) is -3.51. The van der Waals surface area contributed by atoms with Crippen molar-refractivity contribution >= 4 is 28.7 Å². The van der Waals surface area contributed by atoms with Gasteiger partial charge in [-0.2, -0.15) is 0 Å². The SMILES string of the molecule is COc1ccc(C(c2ccccc2)(c2ccc(OC)cc2)[C@@]2(O)COC(n3cnc4c(N)nc(C(=O)c5ccccc5)nc43)[C@H](O)[C@@H]2OC(=O)c2ccccc2)cc1. The molecule has 58 heavy (non-hydrogen) atoms. The quantitative estimate of drug-likeness (QED) is 0.0850. The molecule has 1 unspecified atom stereocenters. The van der Waals surface area contributed by atoms with Crippen LogP contribution in [0.2, 0.25) is 0 Å². The second-order valence-electron chi connectivity index (χ2n) is 13.8. The Labute approximate surface area is 333 Å². The predicted octanol–water partition coefficient (Wildman–Crippen LogP) is 5.54. The Kier molecular flexibility index (Phi) is 10.2. The molecule has 0 saturated carbocycles. The van der Waals surface area contributed by atoms with Crippen molar-refractivity contribution in [3.8, 4) is 11.5 Å². The zero-order chi connectivity index (χ0) is 40.4. The number of aliphatic hydroxyl groups is 2. The van der Waals surface area contributed by atoms with Gasteiger partial charge in [-0.25, -0.2) is 19.7 Å². The molecule has 4 N–H and O–H groups in total. The average molecular weight is 778 g/mol. The van der Waals surface area contributed by atoms with E-state index in [0.29, 0.717) is 33.8 Å². The molecule has 292 valence electrons. The molecule has 8 rings (SSSR count). The van der Waals surface area contributed by atoms with Crippen molar-refractivity contribution in [3.63, 3.8) is 0 Å². The van der Waals surface area contributed by atoms with Gasteiger partial charge in [0.25, 0.3) is 0 Å². The van der Waals surface area contributed by atoms with Crippen molar-refractivity contribution in [2.24, 2.45) is 0 Å². The van der Waals surface area contributed by atoms with E-state index < -0.39 is 47.8 Å². The van der Waals surface area contributed by atoms with Crippen LogP contribution in [0.1, 0.15) is 49.5 Å². The van der Waals surface area contributed by atoms with Crippen molar-refractivity contribution < 1.29 is 38.7 Å². The Hall–Kier alpha value is -6.93. The number of methoxy groups -OCH3 is 2. The Morgan fingerprint density at radius 2 is 1.28 bits per heavy atom. The molecule has 5 aromatic carbocycles. The highest BCUT2D eigenvalue weighted by Gasteiger charge is 2.65. The maximum absolute atomic E-state index is 14.1. The number of fused-ring (bicyclic) bond motifs is 1. The zero-order valence-corrected chi connectivity index (χ0v) is 31.5. The number of aromatic nitrogens is 4. The number of anilines is 1. The third-order valence-corrected chi connectivity index (χ3v) is 10.7. The van der Waals surface area contributed by atoms with Gasteiger partial charge in [0.2, 0.25) is 11.6 Å². The summed E-state index contributed by atoms with van der Waals surface area (Å²) in [6, 6.07) is 40.4. The number of nitrogens with two attached hydrogens (primary N) is 1. The Bertz CT molecular complexity index is 2510. The summed E-state index contributed by atoms with van der Waals surface area (Å²) in [4.78, 5) is 40.8. The first-order chi connectivity index (χ1) is 28.2. The molecule has 0 aliphatic carbocycles. The van der Waals surface area contributed by atoms with E-state index in [4.69, 9.17) is 24.7 Å². The molecule has 2 aromatic heterocycles. The Balaban J connectivity index is 1.33. The molecule has 0 bridgehead atoms. The van der Waals surface area contributed by atoms with Crippen LogP contribution in [0.5, 0.6) is 11.5 Å². The number of nitrogens with zero attached hydrogens (tertiary/aromatic N) is 4. The van der Waals surface area contributed by atoms with Crippen LogP contribution in [0.25, 0.3) is 11.2 Å². The summed E-state index contributed by atoms with van der Waals surface area (Å²) in [5, 5.41) is 26.5. The summed E-state index contributed by atoms with van der Waals surface area (Å²) in [5.74, 6) is -0.417. The van der Waals surface area contributed by atoms with E-state index in [0.717, 1.165) is 0 Å². The molecule has 1 saturated heterocycles. The highest BCUT2D eigenvalue weighted by Crippen LogP contribution is 2.53. The maximum Gasteiger partial charge on any atom is 0.338 e. The van der Waals surface area contributed by atoms with Crippen LogP contribution in [0.3, 0.4) is 0 Å². The van der Waals surface area contributed by atoms with Gasteiger partial charge < -0.3 is 34.9 Å². The van der Waals surface area contributed by atoms with Crippen molar-refractivity contribution in [3.05, 3.63) is 179 Å². The van der Waals surface area contributed by atoms with Crippen LogP contribution in [0.4, 0.5) is 5.82 Å². The van der Waals surface area contributed by atoms with Crippen LogP contribution in [-0.2, 0) is 14.9 Å².